The van der Waals surface area contributed by atoms with Gasteiger partial charge in [0.1, 0.15) is 12.2 Å². The normalized spacial score (nSPS) is 19.0. The Balaban J connectivity index is 0.907. The Morgan fingerprint density at radius 3 is 1.29 bits per heavy atom. The van der Waals surface area contributed by atoms with Crippen LogP contribution in [0.15, 0.2) is 130 Å². The van der Waals surface area contributed by atoms with Crippen molar-refractivity contribution in [3.8, 4) is 0 Å². The minimum Gasteiger partial charge on any atom is -0.460 e. The first-order valence-electron chi connectivity index (χ1n) is 16.9. The molecular weight excluding hydrogens is 616 g/mol. The summed E-state index contributed by atoms with van der Waals surface area (Å²) in [5.74, 6) is -1.38. The molecule has 0 amide bonds. The molecule has 4 aromatic carbocycles. The SMILES string of the molecule is C[C@@H](C[C@H](C)C(=O)O[C@H]1CCN(c2ccc(N=Nc3ccccc3)cc2)C1)C(=O)O[C@H]1CCN(c2ccc(N=Nc3ccccc3)cc2)C1. The van der Waals surface area contributed by atoms with Crippen molar-refractivity contribution in [2.24, 2.45) is 32.3 Å². The van der Waals surface area contributed by atoms with Crippen LogP contribution in [-0.4, -0.2) is 50.3 Å². The van der Waals surface area contributed by atoms with E-state index >= 15 is 0 Å². The summed E-state index contributed by atoms with van der Waals surface area (Å²) in [5.41, 5.74) is 5.26. The highest BCUT2D eigenvalue weighted by atomic mass is 16.5. The molecule has 2 saturated heterocycles. The molecule has 10 nitrogen and oxygen atoms in total. The lowest BCUT2D eigenvalue weighted by Crippen LogP contribution is -2.30. The molecule has 10 heteroatoms. The van der Waals surface area contributed by atoms with Crippen molar-refractivity contribution in [2.45, 2.75) is 45.3 Å². The number of hydrogen-bond acceptors (Lipinski definition) is 10. The Labute approximate surface area is 287 Å². The second-order valence-electron chi connectivity index (χ2n) is 12.7. The van der Waals surface area contributed by atoms with Gasteiger partial charge < -0.3 is 19.3 Å². The molecule has 0 radical (unpaired) electrons. The lowest BCUT2D eigenvalue weighted by Gasteiger charge is -2.22. The van der Waals surface area contributed by atoms with Crippen LogP contribution in [0, 0.1) is 11.8 Å². The molecule has 4 aromatic rings. The number of carbonyl (C=O) groups is 2. The maximum absolute atomic E-state index is 13.0. The summed E-state index contributed by atoms with van der Waals surface area (Å²) in [6.07, 6.45) is 1.50. The van der Waals surface area contributed by atoms with E-state index in [1.807, 2.05) is 123 Å². The van der Waals surface area contributed by atoms with Gasteiger partial charge in [-0.05, 0) is 79.2 Å². The monoisotopic (exact) mass is 658 g/mol. The van der Waals surface area contributed by atoms with Crippen molar-refractivity contribution in [2.75, 3.05) is 36.0 Å². The van der Waals surface area contributed by atoms with Gasteiger partial charge in [-0.25, -0.2) is 0 Å². The number of nitrogens with zero attached hydrogens (tertiary/aromatic N) is 6. The molecule has 0 aromatic heterocycles. The van der Waals surface area contributed by atoms with Gasteiger partial charge in [0.2, 0.25) is 0 Å². The number of benzene rings is 4. The highest BCUT2D eigenvalue weighted by molar-refractivity contribution is 5.76. The predicted octanol–water partition coefficient (Wildman–Crippen LogP) is 9.12. The molecule has 0 unspecified atom stereocenters. The zero-order valence-electron chi connectivity index (χ0n) is 28.0. The van der Waals surface area contributed by atoms with Gasteiger partial charge in [-0.2, -0.15) is 20.5 Å². The van der Waals surface area contributed by atoms with Crippen LogP contribution in [0.5, 0.6) is 0 Å². The zero-order chi connectivity index (χ0) is 34.0. The second-order valence-corrected chi connectivity index (χ2v) is 12.7. The maximum Gasteiger partial charge on any atom is 0.309 e. The molecule has 0 N–H and O–H groups in total. The molecule has 2 fully saturated rings. The van der Waals surface area contributed by atoms with Gasteiger partial charge in [-0.1, -0.05) is 50.2 Å². The molecule has 4 atom stereocenters. The van der Waals surface area contributed by atoms with E-state index in [2.05, 4.69) is 30.3 Å². The molecule has 0 saturated carbocycles. The molecule has 2 aliphatic heterocycles. The smallest absolute Gasteiger partial charge is 0.309 e. The first kappa shape index (κ1) is 33.5. The van der Waals surface area contributed by atoms with E-state index in [1.165, 1.54) is 0 Å². The number of ether oxygens (including phenoxy) is 2. The van der Waals surface area contributed by atoms with Gasteiger partial charge in [0.25, 0.3) is 0 Å². The quantitative estimate of drug-likeness (QED) is 0.111. The van der Waals surface area contributed by atoms with Crippen LogP contribution in [-0.2, 0) is 19.1 Å². The Morgan fingerprint density at radius 2 is 0.918 bits per heavy atom. The number of hydrogen-bond donors (Lipinski definition) is 0. The summed E-state index contributed by atoms with van der Waals surface area (Å²) >= 11 is 0. The fraction of sp³-hybridized carbons (Fsp3) is 0.333. The van der Waals surface area contributed by atoms with Crippen molar-refractivity contribution in [3.63, 3.8) is 0 Å². The van der Waals surface area contributed by atoms with E-state index in [0.717, 1.165) is 60.1 Å². The number of azo groups is 2. The summed E-state index contributed by atoms with van der Waals surface area (Å²) in [4.78, 5) is 30.4. The van der Waals surface area contributed by atoms with Crippen LogP contribution in [0.1, 0.15) is 33.1 Å². The maximum atomic E-state index is 13.0. The summed E-state index contributed by atoms with van der Waals surface area (Å²) in [6, 6.07) is 35.0. The first-order valence-corrected chi connectivity index (χ1v) is 16.9. The fourth-order valence-corrected chi connectivity index (χ4v) is 6.08. The van der Waals surface area contributed by atoms with Gasteiger partial charge in [0, 0.05) is 37.3 Å². The van der Waals surface area contributed by atoms with Gasteiger partial charge >= 0.3 is 11.9 Å². The highest BCUT2D eigenvalue weighted by Gasteiger charge is 2.31. The van der Waals surface area contributed by atoms with E-state index < -0.39 is 11.8 Å². The van der Waals surface area contributed by atoms with Gasteiger partial charge in [-0.3, -0.25) is 9.59 Å². The second kappa shape index (κ2) is 16.1. The minimum atomic E-state index is -0.413. The highest BCUT2D eigenvalue weighted by Crippen LogP contribution is 2.28. The summed E-state index contributed by atoms with van der Waals surface area (Å²) in [6.45, 7) is 6.48. The van der Waals surface area contributed by atoms with E-state index in [-0.39, 0.29) is 24.1 Å². The van der Waals surface area contributed by atoms with Crippen LogP contribution in [0.3, 0.4) is 0 Å². The van der Waals surface area contributed by atoms with E-state index in [1.54, 1.807) is 0 Å². The molecule has 49 heavy (non-hydrogen) atoms. The van der Waals surface area contributed by atoms with Crippen molar-refractivity contribution in [3.05, 3.63) is 109 Å². The molecular formula is C39H42N6O4. The van der Waals surface area contributed by atoms with Crippen LogP contribution in [0.4, 0.5) is 34.1 Å². The Morgan fingerprint density at radius 1 is 0.571 bits per heavy atom. The first-order chi connectivity index (χ1) is 23.9. The standard InChI is InChI=1S/C39H42N6O4/c1-28(38(46)48-36-21-23-44(26-36)34-17-13-32(14-18-34)42-40-30-9-5-3-6-10-30)25-29(2)39(47)49-37-22-24-45(27-37)35-19-15-33(16-20-35)43-41-31-11-7-4-8-12-31/h3-20,28-29,36-37H,21-27H2,1-2H3/t28-,29-,36-,37-/m0/s1. The van der Waals surface area contributed by atoms with Crippen molar-refractivity contribution >= 4 is 46.1 Å². The van der Waals surface area contributed by atoms with Crippen LogP contribution >= 0.6 is 0 Å². The fourth-order valence-electron chi connectivity index (χ4n) is 6.08. The number of anilines is 2. The number of esters is 2. The van der Waals surface area contributed by atoms with Gasteiger partial charge in [0.05, 0.1) is 47.7 Å². The van der Waals surface area contributed by atoms with E-state index in [4.69, 9.17) is 9.47 Å². The van der Waals surface area contributed by atoms with Crippen LogP contribution < -0.4 is 9.80 Å². The van der Waals surface area contributed by atoms with Crippen molar-refractivity contribution in [1.82, 2.24) is 0 Å². The molecule has 2 aliphatic rings. The largest absolute Gasteiger partial charge is 0.460 e. The summed E-state index contributed by atoms with van der Waals surface area (Å²) in [7, 11) is 0. The third kappa shape index (κ3) is 9.37. The molecule has 2 heterocycles. The third-order valence-corrected chi connectivity index (χ3v) is 8.87. The summed E-state index contributed by atoms with van der Waals surface area (Å²) < 4.78 is 11.7. The Bertz CT molecular complexity index is 1600. The molecule has 6 rings (SSSR count). The minimum absolute atomic E-state index is 0.194. The summed E-state index contributed by atoms with van der Waals surface area (Å²) in [5, 5.41) is 17.2. The number of rotatable bonds is 12. The van der Waals surface area contributed by atoms with E-state index in [0.29, 0.717) is 19.5 Å². The van der Waals surface area contributed by atoms with Gasteiger partial charge in [-0.15, -0.1) is 0 Å². The topological polar surface area (TPSA) is 109 Å². The van der Waals surface area contributed by atoms with E-state index in [9.17, 15) is 9.59 Å². The van der Waals surface area contributed by atoms with Crippen LogP contribution in [0.25, 0.3) is 0 Å². The average molecular weight is 659 g/mol. The van der Waals surface area contributed by atoms with Crippen molar-refractivity contribution in [1.29, 1.82) is 0 Å². The lowest BCUT2D eigenvalue weighted by molar-refractivity contribution is -0.156. The predicted molar refractivity (Wildman–Crippen MR) is 190 cm³/mol. The van der Waals surface area contributed by atoms with Gasteiger partial charge in [0.15, 0.2) is 0 Å². The molecule has 0 aliphatic carbocycles. The molecule has 0 bridgehead atoms. The van der Waals surface area contributed by atoms with Crippen LogP contribution in [0.2, 0.25) is 0 Å². The third-order valence-electron chi connectivity index (χ3n) is 8.87. The molecule has 252 valence electrons. The molecule has 0 spiro atoms. The lowest BCUT2D eigenvalue weighted by atomic mass is 9.97. The zero-order valence-corrected chi connectivity index (χ0v) is 28.0. The Hall–Kier alpha value is -5.38. The number of carbonyl (C=O) groups excluding carboxylic acids is 2. The Kier molecular flexibility index (Phi) is 11.0. The average Bonchev–Trinajstić information content (AvgIpc) is 3.81. The van der Waals surface area contributed by atoms with Crippen molar-refractivity contribution < 1.29 is 19.1 Å².